The summed E-state index contributed by atoms with van der Waals surface area (Å²) in [6, 6.07) is 16.2. The Hall–Kier alpha value is -3.61. The zero-order valence-corrected chi connectivity index (χ0v) is 19.0. The Morgan fingerprint density at radius 1 is 1.09 bits per heavy atom. The van der Waals surface area contributed by atoms with Crippen molar-refractivity contribution in [1.82, 2.24) is 10.2 Å². The van der Waals surface area contributed by atoms with Crippen molar-refractivity contribution in [3.8, 4) is 11.1 Å². The first-order valence-electron chi connectivity index (χ1n) is 10.9. The first kappa shape index (κ1) is 24.0. The number of aliphatic carboxylic acids is 1. The molecule has 174 valence electrons. The molecule has 7 heteroatoms. The lowest BCUT2D eigenvalue weighted by atomic mass is 9.88. The van der Waals surface area contributed by atoms with Gasteiger partial charge in [-0.25, -0.2) is 4.79 Å². The van der Waals surface area contributed by atoms with Gasteiger partial charge in [-0.15, -0.1) is 6.58 Å². The number of hydrogen-bond donors (Lipinski definition) is 2. The number of amides is 2. The maximum atomic E-state index is 12.5. The van der Waals surface area contributed by atoms with Crippen LogP contribution in [0, 0.1) is 5.41 Å². The number of hydrogen-bond acceptors (Lipinski definition) is 4. The van der Waals surface area contributed by atoms with Gasteiger partial charge in [0.2, 0.25) is 5.91 Å². The fraction of sp³-hybridized carbons (Fsp3) is 0.346. The maximum absolute atomic E-state index is 12.5. The van der Waals surface area contributed by atoms with Crippen LogP contribution in [0.3, 0.4) is 0 Å². The second-order valence-corrected chi connectivity index (χ2v) is 8.98. The minimum absolute atomic E-state index is 0.0266. The molecule has 0 atom stereocenters. The van der Waals surface area contributed by atoms with E-state index >= 15 is 0 Å². The topological polar surface area (TPSA) is 95.9 Å². The van der Waals surface area contributed by atoms with Crippen molar-refractivity contribution in [1.29, 1.82) is 0 Å². The quantitative estimate of drug-likeness (QED) is 0.533. The maximum Gasteiger partial charge on any atom is 0.407 e. The number of rotatable bonds is 10. The molecule has 7 nitrogen and oxygen atoms in total. The van der Waals surface area contributed by atoms with Crippen molar-refractivity contribution in [2.24, 2.45) is 5.41 Å². The molecule has 33 heavy (non-hydrogen) atoms. The monoisotopic (exact) mass is 450 g/mol. The Bertz CT molecular complexity index is 1000. The summed E-state index contributed by atoms with van der Waals surface area (Å²) in [6.07, 6.45) is 1.02. The molecular formula is C26H30N2O5. The molecular weight excluding hydrogens is 420 g/mol. The van der Waals surface area contributed by atoms with Gasteiger partial charge < -0.3 is 20.1 Å². The Kier molecular flexibility index (Phi) is 7.53. The summed E-state index contributed by atoms with van der Waals surface area (Å²) in [6.45, 7) is 7.43. The molecule has 1 aliphatic carbocycles. The third-order valence-electron chi connectivity index (χ3n) is 5.71. The van der Waals surface area contributed by atoms with Gasteiger partial charge in [-0.1, -0.05) is 68.5 Å². The molecule has 0 radical (unpaired) electrons. The highest BCUT2D eigenvalue weighted by molar-refractivity contribution is 5.82. The van der Waals surface area contributed by atoms with Crippen LogP contribution in [0.1, 0.15) is 37.3 Å². The first-order valence-corrected chi connectivity index (χ1v) is 10.9. The van der Waals surface area contributed by atoms with Crippen LogP contribution < -0.4 is 5.32 Å². The lowest BCUT2D eigenvalue weighted by Crippen LogP contribution is -2.41. The smallest absolute Gasteiger partial charge is 0.407 e. The summed E-state index contributed by atoms with van der Waals surface area (Å²) in [5, 5.41) is 11.7. The van der Waals surface area contributed by atoms with Crippen LogP contribution in [0.4, 0.5) is 4.79 Å². The fourth-order valence-corrected chi connectivity index (χ4v) is 4.12. The van der Waals surface area contributed by atoms with Gasteiger partial charge in [0.05, 0.1) is 0 Å². The average Bonchev–Trinajstić information content (AvgIpc) is 3.09. The molecule has 0 bridgehead atoms. The number of alkyl carbamates (subject to hydrolysis) is 1. The number of nitrogens with one attached hydrogen (secondary N) is 1. The van der Waals surface area contributed by atoms with Crippen LogP contribution in [-0.2, 0) is 14.3 Å². The van der Waals surface area contributed by atoms with E-state index in [2.05, 4.69) is 36.2 Å². The van der Waals surface area contributed by atoms with E-state index in [1.54, 1.807) is 0 Å². The lowest BCUT2D eigenvalue weighted by molar-refractivity contribution is -0.144. The number of ether oxygens (including phenoxy) is 1. The molecule has 1 aliphatic rings. The Morgan fingerprint density at radius 3 is 2.21 bits per heavy atom. The average molecular weight is 451 g/mol. The molecule has 2 amide bonds. The Morgan fingerprint density at radius 2 is 1.67 bits per heavy atom. The molecule has 0 spiro atoms. The van der Waals surface area contributed by atoms with E-state index in [9.17, 15) is 14.4 Å². The van der Waals surface area contributed by atoms with Gasteiger partial charge in [0.1, 0.15) is 13.2 Å². The van der Waals surface area contributed by atoms with Crippen LogP contribution in [0.15, 0.2) is 61.2 Å². The van der Waals surface area contributed by atoms with Gasteiger partial charge in [0, 0.05) is 25.4 Å². The van der Waals surface area contributed by atoms with Crippen LogP contribution >= 0.6 is 0 Å². The Labute approximate surface area is 194 Å². The molecule has 0 aromatic heterocycles. The van der Waals surface area contributed by atoms with Crippen molar-refractivity contribution < 1.29 is 24.2 Å². The van der Waals surface area contributed by atoms with E-state index in [1.807, 2.05) is 38.1 Å². The second kappa shape index (κ2) is 10.3. The largest absolute Gasteiger partial charge is 0.480 e. The number of nitrogens with zero attached hydrogens (tertiary/aromatic N) is 1. The number of benzene rings is 2. The summed E-state index contributed by atoms with van der Waals surface area (Å²) in [7, 11) is 0. The van der Waals surface area contributed by atoms with Crippen LogP contribution in [0.2, 0.25) is 0 Å². The van der Waals surface area contributed by atoms with Crippen molar-refractivity contribution in [2.45, 2.75) is 26.2 Å². The highest BCUT2D eigenvalue weighted by atomic mass is 16.5. The highest BCUT2D eigenvalue weighted by Crippen LogP contribution is 2.44. The second-order valence-electron chi connectivity index (χ2n) is 8.98. The molecule has 0 fully saturated rings. The molecule has 3 rings (SSSR count). The molecule has 2 aromatic rings. The van der Waals surface area contributed by atoms with Crippen molar-refractivity contribution >= 4 is 18.0 Å². The fourth-order valence-electron chi connectivity index (χ4n) is 4.12. The Balaban J connectivity index is 1.54. The summed E-state index contributed by atoms with van der Waals surface area (Å²) in [5.74, 6) is -1.42. The molecule has 2 aromatic carbocycles. The van der Waals surface area contributed by atoms with Gasteiger partial charge in [-0.05, 0) is 27.7 Å². The van der Waals surface area contributed by atoms with E-state index in [4.69, 9.17) is 9.84 Å². The molecule has 0 saturated carbocycles. The van der Waals surface area contributed by atoms with Crippen molar-refractivity contribution in [3.05, 3.63) is 72.3 Å². The summed E-state index contributed by atoms with van der Waals surface area (Å²) in [4.78, 5) is 37.2. The molecule has 0 aliphatic heterocycles. The van der Waals surface area contributed by atoms with Gasteiger partial charge in [0.25, 0.3) is 0 Å². The molecule has 0 unspecified atom stereocenters. The van der Waals surface area contributed by atoms with Crippen molar-refractivity contribution in [3.63, 3.8) is 0 Å². The molecule has 2 N–H and O–H groups in total. The molecule has 0 heterocycles. The number of carbonyl (C=O) groups excluding carboxylic acids is 2. The van der Waals surface area contributed by atoms with Gasteiger partial charge in [-0.3, -0.25) is 9.59 Å². The minimum atomic E-state index is -1.08. The predicted molar refractivity (Wildman–Crippen MR) is 126 cm³/mol. The summed E-state index contributed by atoms with van der Waals surface area (Å²) in [5.41, 5.74) is 4.01. The van der Waals surface area contributed by atoms with E-state index in [0.29, 0.717) is 0 Å². The zero-order valence-electron chi connectivity index (χ0n) is 19.0. The van der Waals surface area contributed by atoms with Crippen molar-refractivity contribution in [2.75, 3.05) is 26.2 Å². The third-order valence-corrected chi connectivity index (χ3v) is 5.71. The number of carboxylic acid groups (broad SMARTS) is 1. The summed E-state index contributed by atoms with van der Waals surface area (Å²) < 4.78 is 5.54. The predicted octanol–water partition coefficient (Wildman–Crippen LogP) is 4.04. The van der Waals surface area contributed by atoms with Gasteiger partial charge in [0.15, 0.2) is 0 Å². The standard InChI is InChI=1S/C26H30N2O5/c1-4-13-28(15-24(30)31)23(29)14-26(2,3)17-27-25(32)33-16-22-20-11-7-5-9-18(20)19-10-6-8-12-21(19)22/h4-12,22H,1,13-17H2,2-3H3,(H,27,32)(H,30,31). The zero-order chi connectivity index (χ0) is 24.0. The normalized spacial score (nSPS) is 12.4. The lowest BCUT2D eigenvalue weighted by Gasteiger charge is -2.28. The van der Waals surface area contributed by atoms with Crippen LogP contribution in [-0.4, -0.2) is 54.2 Å². The van der Waals surface area contributed by atoms with Crippen LogP contribution in [0.25, 0.3) is 11.1 Å². The van der Waals surface area contributed by atoms with E-state index in [1.165, 1.54) is 11.0 Å². The third kappa shape index (κ3) is 6.00. The number of carboxylic acids is 1. The van der Waals surface area contributed by atoms with Gasteiger partial charge >= 0.3 is 12.1 Å². The minimum Gasteiger partial charge on any atom is -0.480 e. The van der Waals surface area contributed by atoms with Gasteiger partial charge in [-0.2, -0.15) is 0 Å². The van der Waals surface area contributed by atoms with E-state index in [-0.39, 0.29) is 44.5 Å². The van der Waals surface area contributed by atoms with Crippen LogP contribution in [0.5, 0.6) is 0 Å². The first-order chi connectivity index (χ1) is 15.7. The molecule has 0 saturated heterocycles. The van der Waals surface area contributed by atoms with E-state index in [0.717, 1.165) is 22.3 Å². The number of fused-ring (bicyclic) bond motifs is 3. The number of carbonyl (C=O) groups is 3. The highest BCUT2D eigenvalue weighted by Gasteiger charge is 2.30. The van der Waals surface area contributed by atoms with E-state index < -0.39 is 17.5 Å². The SMILES string of the molecule is C=CCN(CC(=O)O)C(=O)CC(C)(C)CNC(=O)OCC1c2ccccc2-c2ccccc21. The summed E-state index contributed by atoms with van der Waals surface area (Å²) >= 11 is 0.